The molecule has 0 saturated carbocycles. The number of likely N-dealkylation sites (tertiary alicyclic amines) is 1. The van der Waals surface area contributed by atoms with E-state index in [1.165, 1.54) is 24.9 Å². The summed E-state index contributed by atoms with van der Waals surface area (Å²) in [4.78, 5) is 23.7. The van der Waals surface area contributed by atoms with E-state index in [-0.39, 0.29) is 6.09 Å². The smallest absolute Gasteiger partial charge is 0.410 e. The van der Waals surface area contributed by atoms with Gasteiger partial charge in [0.05, 0.1) is 0 Å². The number of amides is 1. The highest BCUT2D eigenvalue weighted by atomic mass is 16.6. The van der Waals surface area contributed by atoms with Gasteiger partial charge in [-0.1, -0.05) is 13.0 Å². The molecule has 0 aromatic carbocycles. The number of anilines is 1. The normalized spacial score (nSPS) is 21.9. The van der Waals surface area contributed by atoms with Crippen LogP contribution in [0, 0.1) is 0 Å². The fourth-order valence-corrected chi connectivity index (χ4v) is 3.92. The Balaban J connectivity index is 1.68. The molecule has 1 aromatic heterocycles. The van der Waals surface area contributed by atoms with E-state index >= 15 is 0 Å². The molecular weight excluding hydrogens is 328 g/mol. The number of hydrogen-bond donors (Lipinski definition) is 0. The maximum Gasteiger partial charge on any atom is 0.410 e. The summed E-state index contributed by atoms with van der Waals surface area (Å²) in [5, 5.41) is 0. The highest BCUT2D eigenvalue weighted by Crippen LogP contribution is 2.36. The number of ether oxygens (including phenoxy) is 1. The zero-order valence-corrected chi connectivity index (χ0v) is 16.6. The number of carbonyl (C=O) groups is 1. The highest BCUT2D eigenvalue weighted by molar-refractivity contribution is 5.68. The SMILES string of the molecule is CCN1CCC[C@@H]1c1cccnc1N1CCN(C(=O)OC(C)(C)C)CC1. The summed E-state index contributed by atoms with van der Waals surface area (Å²) in [5.41, 5.74) is 0.881. The van der Waals surface area contributed by atoms with E-state index in [4.69, 9.17) is 9.72 Å². The second-order valence-electron chi connectivity index (χ2n) is 8.16. The van der Waals surface area contributed by atoms with Crippen molar-refractivity contribution < 1.29 is 9.53 Å². The predicted octanol–water partition coefficient (Wildman–Crippen LogP) is 3.30. The maximum absolute atomic E-state index is 12.3. The third-order valence-electron chi connectivity index (χ3n) is 5.18. The highest BCUT2D eigenvalue weighted by Gasteiger charge is 2.31. The van der Waals surface area contributed by atoms with E-state index in [0.717, 1.165) is 25.5 Å². The molecule has 1 atom stereocenters. The van der Waals surface area contributed by atoms with Crippen molar-refractivity contribution in [2.75, 3.05) is 44.2 Å². The van der Waals surface area contributed by atoms with Crippen LogP contribution in [0.15, 0.2) is 18.3 Å². The minimum absolute atomic E-state index is 0.216. The van der Waals surface area contributed by atoms with Crippen LogP contribution in [0.25, 0.3) is 0 Å². The van der Waals surface area contributed by atoms with E-state index in [1.807, 2.05) is 33.0 Å². The van der Waals surface area contributed by atoms with Crippen molar-refractivity contribution in [1.82, 2.24) is 14.8 Å². The largest absolute Gasteiger partial charge is 0.444 e. The van der Waals surface area contributed by atoms with Gasteiger partial charge >= 0.3 is 6.09 Å². The van der Waals surface area contributed by atoms with Crippen LogP contribution in [0.3, 0.4) is 0 Å². The Morgan fingerprint density at radius 3 is 2.62 bits per heavy atom. The molecule has 26 heavy (non-hydrogen) atoms. The Morgan fingerprint density at radius 2 is 1.96 bits per heavy atom. The van der Waals surface area contributed by atoms with Crippen LogP contribution in [-0.2, 0) is 4.74 Å². The Labute approximate surface area is 157 Å². The Bertz CT molecular complexity index is 620. The van der Waals surface area contributed by atoms with Crippen LogP contribution in [0.1, 0.15) is 52.1 Å². The maximum atomic E-state index is 12.3. The van der Waals surface area contributed by atoms with E-state index in [2.05, 4.69) is 22.8 Å². The van der Waals surface area contributed by atoms with Gasteiger partial charge in [-0.15, -0.1) is 0 Å². The minimum atomic E-state index is -0.450. The number of rotatable bonds is 3. The van der Waals surface area contributed by atoms with Gasteiger partial charge in [-0.3, -0.25) is 4.90 Å². The quantitative estimate of drug-likeness (QED) is 0.828. The molecule has 0 aliphatic carbocycles. The van der Waals surface area contributed by atoms with Crippen molar-refractivity contribution in [3.8, 4) is 0 Å². The summed E-state index contributed by atoms with van der Waals surface area (Å²) < 4.78 is 5.50. The first kappa shape index (κ1) is 19.0. The van der Waals surface area contributed by atoms with Gasteiger partial charge < -0.3 is 14.5 Å². The molecule has 6 nitrogen and oxygen atoms in total. The summed E-state index contributed by atoms with van der Waals surface area (Å²) >= 11 is 0. The van der Waals surface area contributed by atoms with Crippen molar-refractivity contribution in [2.24, 2.45) is 0 Å². The van der Waals surface area contributed by atoms with E-state index in [0.29, 0.717) is 19.1 Å². The number of nitrogens with zero attached hydrogens (tertiary/aromatic N) is 4. The van der Waals surface area contributed by atoms with E-state index in [9.17, 15) is 4.79 Å². The number of pyridine rings is 1. The van der Waals surface area contributed by atoms with Crippen molar-refractivity contribution in [3.63, 3.8) is 0 Å². The summed E-state index contributed by atoms with van der Waals surface area (Å²) in [6.45, 7) is 13.1. The molecule has 1 aromatic rings. The van der Waals surface area contributed by atoms with E-state index in [1.54, 1.807) is 4.90 Å². The standard InChI is InChI=1S/C20H32N4O2/c1-5-22-11-7-9-17(22)16-8-6-10-21-18(16)23-12-14-24(15-13-23)19(25)26-20(2,3)4/h6,8,10,17H,5,7,9,11-15H2,1-4H3/t17-/m1/s1. The molecule has 144 valence electrons. The molecule has 0 bridgehead atoms. The first-order valence-electron chi connectivity index (χ1n) is 9.81. The molecule has 2 aliphatic heterocycles. The lowest BCUT2D eigenvalue weighted by Gasteiger charge is -2.37. The second-order valence-corrected chi connectivity index (χ2v) is 8.16. The third-order valence-corrected chi connectivity index (χ3v) is 5.18. The monoisotopic (exact) mass is 360 g/mol. The predicted molar refractivity (Wildman–Crippen MR) is 103 cm³/mol. The lowest BCUT2D eigenvalue weighted by Crippen LogP contribution is -2.50. The first-order chi connectivity index (χ1) is 12.4. The molecule has 0 N–H and O–H groups in total. The van der Waals surface area contributed by atoms with Crippen molar-refractivity contribution in [1.29, 1.82) is 0 Å². The van der Waals surface area contributed by atoms with Crippen LogP contribution >= 0.6 is 0 Å². The van der Waals surface area contributed by atoms with Gasteiger partial charge in [-0.2, -0.15) is 0 Å². The summed E-state index contributed by atoms with van der Waals surface area (Å²) in [6, 6.07) is 4.73. The van der Waals surface area contributed by atoms with Gasteiger partial charge in [0.2, 0.25) is 0 Å². The van der Waals surface area contributed by atoms with Crippen LogP contribution in [0.5, 0.6) is 0 Å². The second kappa shape index (κ2) is 7.82. The Kier molecular flexibility index (Phi) is 5.70. The molecule has 2 saturated heterocycles. The minimum Gasteiger partial charge on any atom is -0.444 e. The first-order valence-corrected chi connectivity index (χ1v) is 9.81. The van der Waals surface area contributed by atoms with Gasteiger partial charge in [0.1, 0.15) is 11.4 Å². The summed E-state index contributed by atoms with van der Waals surface area (Å²) in [6.07, 6.45) is 4.11. The number of hydrogen-bond acceptors (Lipinski definition) is 5. The van der Waals surface area contributed by atoms with Crippen molar-refractivity contribution in [3.05, 3.63) is 23.9 Å². The topological polar surface area (TPSA) is 48.9 Å². The van der Waals surface area contributed by atoms with Crippen LogP contribution in [0.2, 0.25) is 0 Å². The molecule has 3 heterocycles. The molecule has 1 amide bonds. The molecule has 0 unspecified atom stereocenters. The van der Waals surface area contributed by atoms with E-state index < -0.39 is 5.60 Å². The van der Waals surface area contributed by atoms with Crippen LogP contribution < -0.4 is 4.90 Å². The summed E-state index contributed by atoms with van der Waals surface area (Å²) in [5.74, 6) is 1.08. The third kappa shape index (κ3) is 4.29. The molecule has 3 rings (SSSR count). The van der Waals surface area contributed by atoms with Crippen molar-refractivity contribution >= 4 is 11.9 Å². The fourth-order valence-electron chi connectivity index (χ4n) is 3.92. The van der Waals surface area contributed by atoms with Gasteiger partial charge in [0, 0.05) is 44.0 Å². The molecule has 0 spiro atoms. The number of piperazine rings is 1. The molecule has 2 fully saturated rings. The zero-order chi connectivity index (χ0) is 18.7. The van der Waals surface area contributed by atoms with Crippen LogP contribution in [0.4, 0.5) is 10.6 Å². The molecule has 2 aliphatic rings. The molecule has 0 radical (unpaired) electrons. The zero-order valence-electron chi connectivity index (χ0n) is 16.6. The lowest BCUT2D eigenvalue weighted by atomic mass is 10.0. The Hall–Kier alpha value is -1.82. The average Bonchev–Trinajstić information content (AvgIpc) is 3.09. The van der Waals surface area contributed by atoms with Gasteiger partial charge in [0.25, 0.3) is 0 Å². The summed E-state index contributed by atoms with van der Waals surface area (Å²) in [7, 11) is 0. The van der Waals surface area contributed by atoms with Gasteiger partial charge in [0.15, 0.2) is 0 Å². The lowest BCUT2D eigenvalue weighted by molar-refractivity contribution is 0.0240. The molecule has 6 heteroatoms. The van der Waals surface area contributed by atoms with Gasteiger partial charge in [-0.05, 0) is 52.8 Å². The number of aromatic nitrogens is 1. The Morgan fingerprint density at radius 1 is 1.23 bits per heavy atom. The average molecular weight is 361 g/mol. The molecular formula is C20H32N4O2. The fraction of sp³-hybridized carbons (Fsp3) is 0.700. The number of carbonyl (C=O) groups excluding carboxylic acids is 1. The van der Waals surface area contributed by atoms with Gasteiger partial charge in [-0.25, -0.2) is 9.78 Å². The van der Waals surface area contributed by atoms with Crippen molar-refractivity contribution in [2.45, 2.75) is 52.2 Å². The van der Waals surface area contributed by atoms with Crippen LogP contribution in [-0.4, -0.2) is 65.7 Å².